The fourth-order valence-corrected chi connectivity index (χ4v) is 2.48. The first kappa shape index (κ1) is 9.66. The van der Waals surface area contributed by atoms with Crippen molar-refractivity contribution in [3.63, 3.8) is 0 Å². The monoisotopic (exact) mass is 218 g/mol. The molecule has 0 unspecified atom stereocenters. The lowest BCUT2D eigenvalue weighted by atomic mass is 9.74. The van der Waals surface area contributed by atoms with Gasteiger partial charge in [-0.05, 0) is 12.1 Å². The maximum Gasteiger partial charge on any atom is 0.153 e. The van der Waals surface area contributed by atoms with Crippen LogP contribution in [0.1, 0.15) is 10.4 Å². The molecule has 4 nitrogen and oxygen atoms in total. The maximum atomic E-state index is 10.6. The van der Waals surface area contributed by atoms with Crippen LogP contribution in [0.5, 0.6) is 5.75 Å². The quantitative estimate of drug-likeness (QED) is 0.714. The van der Waals surface area contributed by atoms with Gasteiger partial charge < -0.3 is 15.3 Å². The minimum absolute atomic E-state index is 0.0696. The second-order valence-electron chi connectivity index (χ2n) is 4.82. The Balaban J connectivity index is 1.76. The zero-order chi connectivity index (χ0) is 11.2. The maximum absolute atomic E-state index is 10.6. The molecule has 3 rings (SSSR count). The van der Waals surface area contributed by atoms with Crippen molar-refractivity contribution < 1.29 is 9.90 Å². The van der Waals surface area contributed by atoms with Gasteiger partial charge in [-0.15, -0.1) is 0 Å². The Bertz CT molecular complexity index is 433. The van der Waals surface area contributed by atoms with Crippen LogP contribution in [0, 0.1) is 5.41 Å². The zero-order valence-corrected chi connectivity index (χ0v) is 8.94. The lowest BCUT2D eigenvalue weighted by molar-refractivity contribution is 0.112. The molecule has 2 heterocycles. The van der Waals surface area contributed by atoms with Crippen molar-refractivity contribution in [2.75, 3.05) is 31.1 Å². The number of benzene rings is 1. The molecule has 0 amide bonds. The third kappa shape index (κ3) is 1.30. The summed E-state index contributed by atoms with van der Waals surface area (Å²) in [6.45, 7) is 4.28. The van der Waals surface area contributed by atoms with Gasteiger partial charge in [0.05, 0.1) is 5.56 Å². The summed E-state index contributed by atoms with van der Waals surface area (Å²) < 4.78 is 0. The number of nitrogens with zero attached hydrogens (tertiary/aromatic N) is 1. The van der Waals surface area contributed by atoms with Crippen molar-refractivity contribution in [2.24, 2.45) is 5.41 Å². The summed E-state index contributed by atoms with van der Waals surface area (Å²) in [5, 5.41) is 12.9. The Morgan fingerprint density at radius 1 is 1.38 bits per heavy atom. The SMILES string of the molecule is O=Cc1ccc(N2CC3(CNC3)C2)cc1O. The Kier molecular flexibility index (Phi) is 1.94. The fraction of sp³-hybridized carbons (Fsp3) is 0.417. The highest BCUT2D eigenvalue weighted by Crippen LogP contribution is 2.38. The topological polar surface area (TPSA) is 52.6 Å². The van der Waals surface area contributed by atoms with Crippen molar-refractivity contribution >= 4 is 12.0 Å². The average molecular weight is 218 g/mol. The number of phenolic OH excluding ortho intramolecular Hbond substituents is 1. The summed E-state index contributed by atoms with van der Waals surface area (Å²) in [4.78, 5) is 12.8. The molecule has 1 spiro atoms. The molecule has 84 valence electrons. The first-order valence-electron chi connectivity index (χ1n) is 5.46. The van der Waals surface area contributed by atoms with Crippen molar-refractivity contribution in [3.8, 4) is 5.75 Å². The molecule has 0 saturated carbocycles. The van der Waals surface area contributed by atoms with Gasteiger partial charge in [0.2, 0.25) is 0 Å². The second-order valence-corrected chi connectivity index (χ2v) is 4.82. The second kappa shape index (κ2) is 3.22. The van der Waals surface area contributed by atoms with Crippen LogP contribution in [-0.4, -0.2) is 37.6 Å². The lowest BCUT2D eigenvalue weighted by Crippen LogP contribution is -2.71. The van der Waals surface area contributed by atoms with Crippen molar-refractivity contribution in [2.45, 2.75) is 0 Å². The Labute approximate surface area is 93.9 Å². The molecule has 2 aliphatic rings. The zero-order valence-electron chi connectivity index (χ0n) is 8.94. The molecule has 0 bridgehead atoms. The highest BCUT2D eigenvalue weighted by Gasteiger charge is 2.47. The van der Waals surface area contributed by atoms with Gasteiger partial charge in [0.1, 0.15) is 5.75 Å². The van der Waals surface area contributed by atoms with Gasteiger partial charge in [-0.25, -0.2) is 0 Å². The van der Waals surface area contributed by atoms with Crippen LogP contribution in [0.2, 0.25) is 0 Å². The molecule has 2 saturated heterocycles. The predicted molar refractivity (Wildman–Crippen MR) is 61.0 cm³/mol. The summed E-state index contributed by atoms with van der Waals surface area (Å²) in [5.41, 5.74) is 1.82. The number of anilines is 1. The highest BCUT2D eigenvalue weighted by atomic mass is 16.3. The van der Waals surface area contributed by atoms with Crippen molar-refractivity contribution in [1.29, 1.82) is 0 Å². The van der Waals surface area contributed by atoms with E-state index in [2.05, 4.69) is 10.2 Å². The largest absolute Gasteiger partial charge is 0.507 e. The normalized spacial score (nSPS) is 21.4. The van der Waals surface area contributed by atoms with E-state index in [1.54, 1.807) is 12.1 Å². The van der Waals surface area contributed by atoms with Gasteiger partial charge in [-0.2, -0.15) is 0 Å². The van der Waals surface area contributed by atoms with E-state index in [0.29, 0.717) is 17.3 Å². The number of aromatic hydroxyl groups is 1. The molecule has 2 N–H and O–H groups in total. The summed E-state index contributed by atoms with van der Waals surface area (Å²) >= 11 is 0. The summed E-state index contributed by atoms with van der Waals surface area (Å²) in [6.07, 6.45) is 0.673. The number of rotatable bonds is 2. The summed E-state index contributed by atoms with van der Waals surface area (Å²) in [7, 11) is 0. The van der Waals surface area contributed by atoms with Gasteiger partial charge in [0.25, 0.3) is 0 Å². The summed E-state index contributed by atoms with van der Waals surface area (Å²) in [5.74, 6) is 0.0696. The highest BCUT2D eigenvalue weighted by molar-refractivity contribution is 5.80. The van der Waals surface area contributed by atoms with E-state index in [1.165, 1.54) is 0 Å². The number of carbonyl (C=O) groups is 1. The molecule has 1 aromatic carbocycles. The number of aldehydes is 1. The van der Waals surface area contributed by atoms with Gasteiger partial charge in [-0.3, -0.25) is 4.79 Å². The third-order valence-electron chi connectivity index (χ3n) is 3.56. The standard InChI is InChI=1S/C12H14N2O2/c15-4-9-1-2-10(3-11(9)16)14-7-12(8-14)5-13-6-12/h1-4,13,16H,5-8H2. The van der Waals surface area contributed by atoms with Crippen LogP contribution in [0.3, 0.4) is 0 Å². The van der Waals surface area contributed by atoms with Gasteiger partial charge >= 0.3 is 0 Å². The van der Waals surface area contributed by atoms with Crippen molar-refractivity contribution in [3.05, 3.63) is 23.8 Å². The molecular formula is C12H14N2O2. The molecule has 2 aliphatic heterocycles. The van der Waals surface area contributed by atoms with Crippen LogP contribution in [0.25, 0.3) is 0 Å². The van der Waals surface area contributed by atoms with Crippen LogP contribution in [0.15, 0.2) is 18.2 Å². The van der Waals surface area contributed by atoms with Crippen molar-refractivity contribution in [1.82, 2.24) is 5.32 Å². The first-order chi connectivity index (χ1) is 7.72. The summed E-state index contributed by atoms with van der Waals surface area (Å²) in [6, 6.07) is 5.23. The fourth-order valence-electron chi connectivity index (χ4n) is 2.48. The molecule has 16 heavy (non-hydrogen) atoms. The van der Waals surface area contributed by atoms with Gasteiger partial charge in [0.15, 0.2) is 6.29 Å². The molecule has 0 radical (unpaired) electrons. The Hall–Kier alpha value is -1.55. The first-order valence-corrected chi connectivity index (χ1v) is 5.46. The van der Waals surface area contributed by atoms with Gasteiger partial charge in [-0.1, -0.05) is 0 Å². The molecule has 4 heteroatoms. The van der Waals surface area contributed by atoms with E-state index in [4.69, 9.17) is 0 Å². The van der Waals surface area contributed by atoms with Gasteiger partial charge in [0, 0.05) is 43.3 Å². The Morgan fingerprint density at radius 2 is 2.12 bits per heavy atom. The van der Waals surface area contributed by atoms with Crippen LogP contribution < -0.4 is 10.2 Å². The minimum Gasteiger partial charge on any atom is -0.507 e. The number of phenols is 1. The van der Waals surface area contributed by atoms with E-state index in [0.717, 1.165) is 31.9 Å². The number of nitrogens with one attached hydrogen (secondary N) is 1. The molecule has 0 aromatic heterocycles. The third-order valence-corrected chi connectivity index (χ3v) is 3.56. The average Bonchev–Trinajstić information content (AvgIpc) is 2.13. The molecule has 1 aromatic rings. The molecule has 0 aliphatic carbocycles. The van der Waals surface area contributed by atoms with E-state index in [9.17, 15) is 9.90 Å². The van der Waals surface area contributed by atoms with E-state index in [1.807, 2.05) is 6.07 Å². The Morgan fingerprint density at radius 3 is 2.62 bits per heavy atom. The van der Waals surface area contributed by atoms with Crippen LogP contribution in [-0.2, 0) is 0 Å². The molecule has 2 fully saturated rings. The predicted octanol–water partition coefficient (Wildman–Crippen LogP) is 0.614. The smallest absolute Gasteiger partial charge is 0.153 e. The minimum atomic E-state index is 0.0696. The van der Waals surface area contributed by atoms with E-state index >= 15 is 0 Å². The number of hydrogen-bond donors (Lipinski definition) is 2. The van der Waals surface area contributed by atoms with Crippen LogP contribution in [0.4, 0.5) is 5.69 Å². The van der Waals surface area contributed by atoms with Crippen LogP contribution >= 0.6 is 0 Å². The molecule has 0 atom stereocenters. The molecular weight excluding hydrogens is 204 g/mol. The number of hydrogen-bond acceptors (Lipinski definition) is 4. The number of carbonyl (C=O) groups excluding carboxylic acids is 1. The lowest BCUT2D eigenvalue weighted by Gasteiger charge is -2.57. The van der Waals surface area contributed by atoms with E-state index in [-0.39, 0.29) is 5.75 Å². The van der Waals surface area contributed by atoms with E-state index < -0.39 is 0 Å².